The Balaban J connectivity index is 1.76. The molecule has 0 spiro atoms. The van der Waals surface area contributed by atoms with Crippen molar-refractivity contribution < 1.29 is 0 Å². The predicted molar refractivity (Wildman–Crippen MR) is 72.3 cm³/mol. The maximum Gasteiger partial charge on any atom is 0.203 e. The summed E-state index contributed by atoms with van der Waals surface area (Å²) in [5.41, 5.74) is 1.10. The summed E-state index contributed by atoms with van der Waals surface area (Å²) in [5.74, 6) is 1.99. The van der Waals surface area contributed by atoms with E-state index in [9.17, 15) is 0 Å². The summed E-state index contributed by atoms with van der Waals surface area (Å²) >= 11 is 0. The van der Waals surface area contributed by atoms with Gasteiger partial charge in [0.2, 0.25) is 5.95 Å². The van der Waals surface area contributed by atoms with Crippen molar-refractivity contribution in [3.63, 3.8) is 0 Å². The third-order valence-electron chi connectivity index (χ3n) is 3.80. The summed E-state index contributed by atoms with van der Waals surface area (Å²) in [7, 11) is 0. The number of imidazole rings is 1. The highest BCUT2D eigenvalue weighted by atomic mass is 15.2. The lowest BCUT2D eigenvalue weighted by molar-refractivity contribution is 0.345. The van der Waals surface area contributed by atoms with E-state index in [-0.39, 0.29) is 0 Å². The first kappa shape index (κ1) is 12.5. The zero-order valence-electron chi connectivity index (χ0n) is 11.2. The standard InChI is InChI=1S/C14H25N3/c1-3-17-11-12(2)16-14(17)15-10-9-13-7-5-4-6-8-13/h11,13H,3-10H2,1-2H3,(H,15,16). The summed E-state index contributed by atoms with van der Waals surface area (Å²) in [6.45, 7) is 6.28. The highest BCUT2D eigenvalue weighted by Crippen LogP contribution is 2.26. The fraction of sp³-hybridized carbons (Fsp3) is 0.786. The number of aromatic nitrogens is 2. The van der Waals surface area contributed by atoms with Crippen molar-refractivity contribution in [2.75, 3.05) is 11.9 Å². The Morgan fingerprint density at radius 3 is 2.82 bits per heavy atom. The van der Waals surface area contributed by atoms with Crippen molar-refractivity contribution >= 4 is 5.95 Å². The molecule has 1 aromatic rings. The summed E-state index contributed by atoms with van der Waals surface area (Å²) < 4.78 is 2.19. The minimum absolute atomic E-state index is 0.947. The smallest absolute Gasteiger partial charge is 0.203 e. The Morgan fingerprint density at radius 2 is 2.12 bits per heavy atom. The molecule has 1 aliphatic rings. The molecular formula is C14H25N3. The van der Waals surface area contributed by atoms with E-state index in [0.29, 0.717) is 0 Å². The van der Waals surface area contributed by atoms with E-state index in [0.717, 1.165) is 30.6 Å². The molecule has 96 valence electrons. The molecule has 0 amide bonds. The van der Waals surface area contributed by atoms with E-state index in [2.05, 4.69) is 34.9 Å². The van der Waals surface area contributed by atoms with Crippen molar-refractivity contribution in [2.24, 2.45) is 5.92 Å². The molecule has 3 nitrogen and oxygen atoms in total. The van der Waals surface area contributed by atoms with Gasteiger partial charge in [0.25, 0.3) is 0 Å². The zero-order chi connectivity index (χ0) is 12.1. The Labute approximate surface area is 105 Å². The van der Waals surface area contributed by atoms with Crippen LogP contribution in [0.3, 0.4) is 0 Å². The molecule has 1 saturated carbocycles. The van der Waals surface area contributed by atoms with Gasteiger partial charge in [-0.3, -0.25) is 0 Å². The van der Waals surface area contributed by atoms with E-state index in [4.69, 9.17) is 0 Å². The van der Waals surface area contributed by atoms with Gasteiger partial charge >= 0.3 is 0 Å². The van der Waals surface area contributed by atoms with Gasteiger partial charge in [0.1, 0.15) is 0 Å². The summed E-state index contributed by atoms with van der Waals surface area (Å²) in [6.07, 6.45) is 10.6. The lowest BCUT2D eigenvalue weighted by Crippen LogP contribution is -2.14. The SMILES string of the molecule is CCn1cc(C)nc1NCCC1CCCCC1. The molecule has 0 aromatic carbocycles. The Hall–Kier alpha value is -0.990. The Kier molecular flexibility index (Phi) is 4.46. The topological polar surface area (TPSA) is 29.9 Å². The molecule has 17 heavy (non-hydrogen) atoms. The molecule has 1 N–H and O–H groups in total. The number of rotatable bonds is 5. The lowest BCUT2D eigenvalue weighted by Gasteiger charge is -2.21. The monoisotopic (exact) mass is 235 g/mol. The first-order chi connectivity index (χ1) is 8.29. The van der Waals surface area contributed by atoms with Gasteiger partial charge in [-0.15, -0.1) is 0 Å². The van der Waals surface area contributed by atoms with E-state index < -0.39 is 0 Å². The quantitative estimate of drug-likeness (QED) is 0.845. The molecule has 0 bridgehead atoms. The number of nitrogens with one attached hydrogen (secondary N) is 1. The van der Waals surface area contributed by atoms with Crippen LogP contribution in [-0.4, -0.2) is 16.1 Å². The zero-order valence-corrected chi connectivity index (χ0v) is 11.2. The normalized spacial score (nSPS) is 17.3. The second-order valence-electron chi connectivity index (χ2n) is 5.21. The van der Waals surface area contributed by atoms with Gasteiger partial charge in [0.15, 0.2) is 0 Å². The molecule has 1 fully saturated rings. The van der Waals surface area contributed by atoms with Gasteiger partial charge in [-0.1, -0.05) is 32.1 Å². The van der Waals surface area contributed by atoms with Crippen molar-refractivity contribution in [2.45, 2.75) is 58.9 Å². The third kappa shape index (κ3) is 3.48. The van der Waals surface area contributed by atoms with Crippen molar-refractivity contribution in [3.8, 4) is 0 Å². The van der Waals surface area contributed by atoms with E-state index in [1.165, 1.54) is 38.5 Å². The van der Waals surface area contributed by atoms with Gasteiger partial charge in [-0.05, 0) is 26.2 Å². The molecular weight excluding hydrogens is 210 g/mol. The minimum Gasteiger partial charge on any atom is -0.356 e. The molecule has 3 heteroatoms. The van der Waals surface area contributed by atoms with Crippen LogP contribution in [0.1, 0.15) is 51.1 Å². The second kappa shape index (κ2) is 6.08. The van der Waals surface area contributed by atoms with Crippen molar-refractivity contribution in [3.05, 3.63) is 11.9 Å². The van der Waals surface area contributed by atoms with Gasteiger partial charge in [-0.2, -0.15) is 0 Å². The van der Waals surface area contributed by atoms with Gasteiger partial charge < -0.3 is 9.88 Å². The van der Waals surface area contributed by atoms with Crippen LogP contribution in [-0.2, 0) is 6.54 Å². The summed E-state index contributed by atoms with van der Waals surface area (Å²) in [4.78, 5) is 4.52. The highest BCUT2D eigenvalue weighted by molar-refractivity contribution is 5.28. The van der Waals surface area contributed by atoms with Gasteiger partial charge in [0.05, 0.1) is 5.69 Å². The molecule has 0 radical (unpaired) electrons. The van der Waals surface area contributed by atoms with Crippen LogP contribution in [0.2, 0.25) is 0 Å². The number of nitrogens with zero attached hydrogens (tertiary/aromatic N) is 2. The lowest BCUT2D eigenvalue weighted by atomic mass is 9.87. The summed E-state index contributed by atoms with van der Waals surface area (Å²) in [6, 6.07) is 0. The first-order valence-electron chi connectivity index (χ1n) is 7.07. The molecule has 1 aliphatic carbocycles. The fourth-order valence-corrected chi connectivity index (χ4v) is 2.79. The molecule has 1 aromatic heterocycles. The van der Waals surface area contributed by atoms with Crippen LogP contribution >= 0.6 is 0 Å². The first-order valence-corrected chi connectivity index (χ1v) is 7.07. The number of anilines is 1. The molecule has 0 saturated heterocycles. The van der Waals surface area contributed by atoms with Crippen molar-refractivity contribution in [1.29, 1.82) is 0 Å². The molecule has 2 rings (SSSR count). The number of hydrogen-bond acceptors (Lipinski definition) is 2. The van der Waals surface area contributed by atoms with E-state index >= 15 is 0 Å². The number of aryl methyl sites for hydroxylation is 2. The largest absolute Gasteiger partial charge is 0.356 e. The highest BCUT2D eigenvalue weighted by Gasteiger charge is 2.13. The Morgan fingerprint density at radius 1 is 1.35 bits per heavy atom. The number of hydrogen-bond donors (Lipinski definition) is 1. The van der Waals surface area contributed by atoms with Crippen LogP contribution < -0.4 is 5.32 Å². The third-order valence-corrected chi connectivity index (χ3v) is 3.80. The maximum atomic E-state index is 4.52. The van der Waals surface area contributed by atoms with Crippen LogP contribution in [0.15, 0.2) is 6.20 Å². The van der Waals surface area contributed by atoms with Gasteiger partial charge in [-0.25, -0.2) is 4.98 Å². The van der Waals surface area contributed by atoms with Crippen LogP contribution in [0, 0.1) is 12.8 Å². The molecule has 0 atom stereocenters. The van der Waals surface area contributed by atoms with E-state index in [1.807, 2.05) is 0 Å². The fourth-order valence-electron chi connectivity index (χ4n) is 2.79. The second-order valence-corrected chi connectivity index (χ2v) is 5.21. The minimum atomic E-state index is 0.947. The van der Waals surface area contributed by atoms with E-state index in [1.54, 1.807) is 0 Å². The average molecular weight is 235 g/mol. The van der Waals surface area contributed by atoms with Crippen LogP contribution in [0.25, 0.3) is 0 Å². The molecule has 1 heterocycles. The maximum absolute atomic E-state index is 4.52. The van der Waals surface area contributed by atoms with Crippen molar-refractivity contribution in [1.82, 2.24) is 9.55 Å². The summed E-state index contributed by atoms with van der Waals surface area (Å²) in [5, 5.41) is 3.48. The predicted octanol–water partition coefficient (Wildman–Crippen LogP) is 3.59. The Bertz CT molecular complexity index is 337. The molecule has 0 aliphatic heterocycles. The van der Waals surface area contributed by atoms with Gasteiger partial charge in [0, 0.05) is 19.3 Å². The average Bonchev–Trinajstić information content (AvgIpc) is 2.71. The van der Waals surface area contributed by atoms with Crippen LogP contribution in [0.4, 0.5) is 5.95 Å². The molecule has 0 unspecified atom stereocenters. The van der Waals surface area contributed by atoms with Crippen LogP contribution in [0.5, 0.6) is 0 Å².